The second-order valence-corrected chi connectivity index (χ2v) is 9.03. The third kappa shape index (κ3) is 3.52. The van der Waals surface area contributed by atoms with Gasteiger partial charge < -0.3 is 24.8 Å². The SMILES string of the molecule is CC1=Cc2ccccc2C1C1=C(C)[CH]([Zr+2])c2cccc(-c3ccccc3)c21.[Cl-].[Cl-]. The number of rotatable bonds is 2. The van der Waals surface area contributed by atoms with Gasteiger partial charge in [0.2, 0.25) is 0 Å². The summed E-state index contributed by atoms with van der Waals surface area (Å²) in [5.74, 6) is 0.385. The quantitative estimate of drug-likeness (QED) is 0.497. The summed E-state index contributed by atoms with van der Waals surface area (Å²) in [6.45, 7) is 4.66. The van der Waals surface area contributed by atoms with Crippen molar-refractivity contribution in [1.29, 1.82) is 0 Å². The zero-order valence-electron chi connectivity index (χ0n) is 16.4. The first kappa shape index (κ1) is 22.3. The molecule has 2 aliphatic rings. The predicted molar refractivity (Wildman–Crippen MR) is 110 cm³/mol. The van der Waals surface area contributed by atoms with E-state index >= 15 is 0 Å². The number of hydrogen-bond acceptors (Lipinski definition) is 0. The van der Waals surface area contributed by atoms with Crippen molar-refractivity contribution >= 4 is 11.6 Å². The topological polar surface area (TPSA) is 0 Å². The van der Waals surface area contributed by atoms with Crippen LogP contribution >= 0.6 is 0 Å². The minimum atomic E-state index is 0. The molecule has 0 heterocycles. The molecular weight excluding hydrogens is 474 g/mol. The summed E-state index contributed by atoms with van der Waals surface area (Å²) >= 11 is 1.58. The van der Waals surface area contributed by atoms with E-state index in [2.05, 4.69) is 92.7 Å². The zero-order valence-corrected chi connectivity index (χ0v) is 20.4. The van der Waals surface area contributed by atoms with Crippen LogP contribution in [0.3, 0.4) is 0 Å². The molecule has 0 aromatic heterocycles. The van der Waals surface area contributed by atoms with Crippen molar-refractivity contribution in [2.24, 2.45) is 0 Å². The van der Waals surface area contributed by atoms with E-state index in [1.165, 1.54) is 39.0 Å². The maximum Gasteiger partial charge on any atom is -1.00 e. The van der Waals surface area contributed by atoms with Crippen LogP contribution in [0.15, 0.2) is 83.9 Å². The molecule has 0 amide bonds. The van der Waals surface area contributed by atoms with E-state index in [0.717, 1.165) is 0 Å². The summed E-state index contributed by atoms with van der Waals surface area (Å²) < 4.78 is 0.562. The fourth-order valence-corrected chi connectivity index (χ4v) is 5.76. The Labute approximate surface area is 200 Å². The summed E-state index contributed by atoms with van der Waals surface area (Å²) in [6.07, 6.45) is 2.38. The second-order valence-electron chi connectivity index (χ2n) is 7.62. The van der Waals surface area contributed by atoms with Gasteiger partial charge in [0, 0.05) is 0 Å². The molecule has 0 bridgehead atoms. The second kappa shape index (κ2) is 8.77. The largest absolute Gasteiger partial charge is 1.00 e. The molecular formula is C26H21Cl2Zr. The summed E-state index contributed by atoms with van der Waals surface area (Å²) in [7, 11) is 0. The maximum absolute atomic E-state index is 2.38. The summed E-state index contributed by atoms with van der Waals surface area (Å²) in [5, 5.41) is 0. The van der Waals surface area contributed by atoms with Gasteiger partial charge in [-0.05, 0) is 0 Å². The Kier molecular flexibility index (Phi) is 6.74. The fourth-order valence-electron chi connectivity index (χ4n) is 4.79. The Morgan fingerprint density at radius 3 is 2.14 bits per heavy atom. The van der Waals surface area contributed by atoms with Crippen LogP contribution in [-0.2, 0) is 24.7 Å². The van der Waals surface area contributed by atoms with Crippen LogP contribution < -0.4 is 24.8 Å². The molecule has 0 N–H and O–H groups in total. The van der Waals surface area contributed by atoms with Crippen molar-refractivity contribution in [3.8, 4) is 11.1 Å². The minimum absolute atomic E-state index is 0. The molecule has 0 fully saturated rings. The molecule has 2 atom stereocenters. The van der Waals surface area contributed by atoms with Crippen molar-refractivity contribution in [2.45, 2.75) is 23.4 Å². The van der Waals surface area contributed by atoms with Crippen LogP contribution in [0.25, 0.3) is 22.8 Å². The Bertz CT molecular complexity index is 1110. The molecule has 29 heavy (non-hydrogen) atoms. The molecule has 0 saturated carbocycles. The standard InChI is InChI=1S/C26H21.2ClH.Zr/c1-17-15-20-11-6-7-13-23(20)24(17)25-18(2)16-21-12-8-14-22(26(21)25)19-9-4-3-5-10-19;;;/h3-16,24H,1-2H3;2*1H;/q;;;+2/p-2. The maximum atomic E-state index is 2.38. The number of benzene rings is 3. The Morgan fingerprint density at radius 2 is 1.38 bits per heavy atom. The van der Waals surface area contributed by atoms with Crippen LogP contribution in [-0.4, -0.2) is 0 Å². The van der Waals surface area contributed by atoms with Crippen molar-refractivity contribution in [1.82, 2.24) is 0 Å². The molecule has 0 spiro atoms. The Morgan fingerprint density at radius 1 is 0.724 bits per heavy atom. The van der Waals surface area contributed by atoms with Gasteiger partial charge in [-0.2, -0.15) is 0 Å². The van der Waals surface area contributed by atoms with Gasteiger partial charge in [0.25, 0.3) is 0 Å². The Balaban J connectivity index is 0.00000120. The van der Waals surface area contributed by atoms with Crippen molar-refractivity contribution in [3.05, 3.63) is 106 Å². The molecule has 0 nitrogen and oxygen atoms in total. The van der Waals surface area contributed by atoms with Crippen LogP contribution in [0.4, 0.5) is 0 Å². The van der Waals surface area contributed by atoms with Gasteiger partial charge in [0.15, 0.2) is 0 Å². The van der Waals surface area contributed by atoms with Gasteiger partial charge in [0.05, 0.1) is 0 Å². The molecule has 5 rings (SSSR count). The molecule has 3 aromatic rings. The smallest absolute Gasteiger partial charge is 1.00 e. The molecule has 3 heteroatoms. The van der Waals surface area contributed by atoms with Gasteiger partial charge in [0.1, 0.15) is 0 Å². The number of halogens is 2. The average Bonchev–Trinajstić information content (AvgIpc) is 3.16. The molecule has 143 valence electrons. The monoisotopic (exact) mass is 493 g/mol. The van der Waals surface area contributed by atoms with E-state index in [0.29, 0.717) is 9.54 Å². The molecule has 0 radical (unpaired) electrons. The number of allylic oxidation sites excluding steroid dienone is 3. The van der Waals surface area contributed by atoms with Crippen LogP contribution in [0.2, 0.25) is 0 Å². The first-order valence-corrected chi connectivity index (χ1v) is 11.0. The van der Waals surface area contributed by atoms with Gasteiger partial charge >= 0.3 is 177 Å². The van der Waals surface area contributed by atoms with Crippen molar-refractivity contribution in [2.75, 3.05) is 0 Å². The zero-order chi connectivity index (χ0) is 18.5. The van der Waals surface area contributed by atoms with E-state index < -0.39 is 0 Å². The first-order chi connectivity index (χ1) is 13.2. The van der Waals surface area contributed by atoms with E-state index in [1.54, 1.807) is 35.9 Å². The van der Waals surface area contributed by atoms with E-state index in [1.807, 2.05) is 0 Å². The third-order valence-corrected chi connectivity index (χ3v) is 7.88. The number of fused-ring (bicyclic) bond motifs is 2. The molecule has 2 aliphatic carbocycles. The molecule has 0 aliphatic heterocycles. The normalized spacial score (nSPS) is 19.1. The fraction of sp³-hybridized carbons (Fsp3) is 0.154. The summed E-state index contributed by atoms with van der Waals surface area (Å²) in [6, 6.07) is 26.6. The van der Waals surface area contributed by atoms with Crippen LogP contribution in [0.1, 0.15) is 45.6 Å². The molecule has 3 aromatic carbocycles. The predicted octanol–water partition coefficient (Wildman–Crippen LogP) is 0.937. The van der Waals surface area contributed by atoms with Gasteiger partial charge in [-0.3, -0.25) is 0 Å². The van der Waals surface area contributed by atoms with Gasteiger partial charge in [-0.25, -0.2) is 0 Å². The van der Waals surface area contributed by atoms with Crippen molar-refractivity contribution in [3.63, 3.8) is 0 Å². The van der Waals surface area contributed by atoms with E-state index in [9.17, 15) is 0 Å². The van der Waals surface area contributed by atoms with Crippen molar-refractivity contribution < 1.29 is 49.5 Å². The minimum Gasteiger partial charge on any atom is -1.00 e. The average molecular weight is 496 g/mol. The van der Waals surface area contributed by atoms with E-state index in [-0.39, 0.29) is 24.8 Å². The van der Waals surface area contributed by atoms with Crippen LogP contribution in [0, 0.1) is 0 Å². The molecule has 0 saturated heterocycles. The number of hydrogen-bond donors (Lipinski definition) is 0. The van der Waals surface area contributed by atoms with Gasteiger partial charge in [-0.1, -0.05) is 0 Å². The molecule has 2 unspecified atom stereocenters. The van der Waals surface area contributed by atoms with Crippen LogP contribution in [0.5, 0.6) is 0 Å². The summed E-state index contributed by atoms with van der Waals surface area (Å²) in [4.78, 5) is 0. The van der Waals surface area contributed by atoms with E-state index in [4.69, 9.17) is 0 Å². The Hall–Kier alpha value is -1.40. The summed E-state index contributed by atoms with van der Waals surface area (Å²) in [5.41, 5.74) is 13.1. The first-order valence-electron chi connectivity index (χ1n) is 9.54. The van der Waals surface area contributed by atoms with Gasteiger partial charge in [-0.15, -0.1) is 0 Å². The third-order valence-electron chi connectivity index (χ3n) is 6.05.